The first-order valence-electron chi connectivity index (χ1n) is 5.91. The van der Waals surface area contributed by atoms with Gasteiger partial charge in [-0.25, -0.2) is 8.42 Å². The maximum atomic E-state index is 11.8. The minimum absolute atomic E-state index is 0.384. The second-order valence-corrected chi connectivity index (χ2v) is 6.30. The van der Waals surface area contributed by atoms with Gasteiger partial charge in [0.15, 0.2) is 9.84 Å². The minimum atomic E-state index is -3.20. The van der Waals surface area contributed by atoms with E-state index in [2.05, 4.69) is 6.92 Å². The highest BCUT2D eigenvalue weighted by Gasteiger charge is 2.13. The number of sulfone groups is 1. The molecule has 2 aromatic rings. The molecule has 94 valence electrons. The highest BCUT2D eigenvalue weighted by molar-refractivity contribution is 7.90. The van der Waals surface area contributed by atoms with E-state index in [0.29, 0.717) is 4.90 Å². The molecule has 0 spiro atoms. The first-order chi connectivity index (χ1) is 8.52. The van der Waals surface area contributed by atoms with E-state index in [1.807, 2.05) is 36.4 Å². The Balaban J connectivity index is 2.57. The Morgan fingerprint density at radius 1 is 0.944 bits per heavy atom. The van der Waals surface area contributed by atoms with Gasteiger partial charge in [-0.1, -0.05) is 49.4 Å². The Labute approximate surface area is 108 Å². The highest BCUT2D eigenvalue weighted by Crippen LogP contribution is 2.27. The van der Waals surface area contributed by atoms with Gasteiger partial charge in [0.1, 0.15) is 0 Å². The highest BCUT2D eigenvalue weighted by atomic mass is 32.2. The summed E-state index contributed by atoms with van der Waals surface area (Å²) < 4.78 is 23.5. The van der Waals surface area contributed by atoms with Crippen LogP contribution in [0.3, 0.4) is 0 Å². The maximum absolute atomic E-state index is 11.8. The fourth-order valence-electron chi connectivity index (χ4n) is 1.95. The molecule has 0 bridgehead atoms. The van der Waals surface area contributed by atoms with Gasteiger partial charge in [0.2, 0.25) is 0 Å². The number of aryl methyl sites for hydroxylation is 1. The summed E-state index contributed by atoms with van der Waals surface area (Å²) in [7, 11) is -3.20. The number of rotatable bonds is 3. The van der Waals surface area contributed by atoms with Crippen LogP contribution in [0.1, 0.15) is 12.5 Å². The first-order valence-corrected chi connectivity index (χ1v) is 7.80. The molecule has 0 amide bonds. The molecule has 0 heterocycles. The molecular formula is C15H16O2S. The van der Waals surface area contributed by atoms with Crippen molar-refractivity contribution in [3.05, 3.63) is 54.1 Å². The predicted octanol–water partition coefficient (Wildman–Crippen LogP) is 3.32. The number of benzene rings is 2. The van der Waals surface area contributed by atoms with E-state index in [1.54, 1.807) is 12.1 Å². The van der Waals surface area contributed by atoms with E-state index < -0.39 is 9.84 Å². The number of hydrogen-bond donors (Lipinski definition) is 0. The minimum Gasteiger partial charge on any atom is -0.224 e. The van der Waals surface area contributed by atoms with Crippen molar-refractivity contribution in [2.45, 2.75) is 18.2 Å². The summed E-state index contributed by atoms with van der Waals surface area (Å²) in [6, 6.07) is 15.1. The van der Waals surface area contributed by atoms with Crippen molar-refractivity contribution < 1.29 is 8.42 Å². The van der Waals surface area contributed by atoms with E-state index >= 15 is 0 Å². The van der Waals surface area contributed by atoms with Crippen molar-refractivity contribution in [2.75, 3.05) is 6.26 Å². The summed E-state index contributed by atoms with van der Waals surface area (Å²) in [6.45, 7) is 2.10. The van der Waals surface area contributed by atoms with Crippen molar-refractivity contribution in [2.24, 2.45) is 0 Å². The van der Waals surface area contributed by atoms with E-state index in [9.17, 15) is 8.42 Å². The standard InChI is InChI=1S/C15H16O2S/c1-3-12-8-10-13(11-9-12)14-6-4-5-7-15(14)18(2,16)17/h4-11H,3H2,1-2H3. The lowest BCUT2D eigenvalue weighted by Crippen LogP contribution is -1.99. The monoisotopic (exact) mass is 260 g/mol. The Kier molecular flexibility index (Phi) is 3.53. The van der Waals surface area contributed by atoms with Crippen LogP contribution in [-0.4, -0.2) is 14.7 Å². The second-order valence-electron chi connectivity index (χ2n) is 4.32. The lowest BCUT2D eigenvalue weighted by Gasteiger charge is -2.08. The normalized spacial score (nSPS) is 11.4. The Hall–Kier alpha value is -1.61. The van der Waals surface area contributed by atoms with Gasteiger partial charge in [-0.05, 0) is 23.6 Å². The van der Waals surface area contributed by atoms with Gasteiger partial charge in [-0.2, -0.15) is 0 Å². The molecule has 0 aromatic heterocycles. The van der Waals surface area contributed by atoms with Crippen LogP contribution in [-0.2, 0) is 16.3 Å². The Bertz CT molecular complexity index is 640. The Morgan fingerprint density at radius 3 is 2.11 bits per heavy atom. The van der Waals surface area contributed by atoms with Crippen molar-refractivity contribution in [1.82, 2.24) is 0 Å². The summed E-state index contributed by atoms with van der Waals surface area (Å²) in [6.07, 6.45) is 2.22. The molecule has 0 saturated heterocycles. The van der Waals surface area contributed by atoms with Crippen molar-refractivity contribution in [3.8, 4) is 11.1 Å². The topological polar surface area (TPSA) is 34.1 Å². The fourth-order valence-corrected chi connectivity index (χ4v) is 2.86. The third kappa shape index (κ3) is 2.62. The molecule has 0 atom stereocenters. The molecule has 0 radical (unpaired) electrons. The molecule has 2 aromatic carbocycles. The average Bonchev–Trinajstić information content (AvgIpc) is 2.38. The van der Waals surface area contributed by atoms with Gasteiger partial charge in [0.05, 0.1) is 4.90 Å². The van der Waals surface area contributed by atoms with Crippen LogP contribution in [0.15, 0.2) is 53.4 Å². The summed E-state index contributed by atoms with van der Waals surface area (Å²) in [5, 5.41) is 0. The molecule has 0 aliphatic heterocycles. The predicted molar refractivity (Wildman–Crippen MR) is 74.4 cm³/mol. The molecule has 0 aliphatic rings. The first kappa shape index (κ1) is 12.8. The zero-order valence-corrected chi connectivity index (χ0v) is 11.4. The van der Waals surface area contributed by atoms with Crippen molar-refractivity contribution in [1.29, 1.82) is 0 Å². The van der Waals surface area contributed by atoms with Crippen molar-refractivity contribution >= 4 is 9.84 Å². The van der Waals surface area contributed by atoms with Gasteiger partial charge in [-0.3, -0.25) is 0 Å². The molecule has 0 unspecified atom stereocenters. The van der Waals surface area contributed by atoms with Gasteiger partial charge in [-0.15, -0.1) is 0 Å². The third-order valence-corrected chi connectivity index (χ3v) is 4.11. The summed E-state index contributed by atoms with van der Waals surface area (Å²) in [4.78, 5) is 0.384. The molecule has 0 N–H and O–H groups in total. The quantitative estimate of drug-likeness (QED) is 0.848. The molecule has 0 saturated carbocycles. The largest absolute Gasteiger partial charge is 0.224 e. The molecule has 0 aliphatic carbocycles. The van der Waals surface area contributed by atoms with Gasteiger partial charge in [0.25, 0.3) is 0 Å². The maximum Gasteiger partial charge on any atom is 0.176 e. The van der Waals surface area contributed by atoms with Crippen LogP contribution >= 0.6 is 0 Å². The molecule has 0 fully saturated rings. The molecule has 2 nitrogen and oxygen atoms in total. The van der Waals surface area contributed by atoms with Crippen LogP contribution in [0.5, 0.6) is 0 Å². The lowest BCUT2D eigenvalue weighted by molar-refractivity contribution is 0.602. The van der Waals surface area contributed by atoms with E-state index in [1.165, 1.54) is 11.8 Å². The summed E-state index contributed by atoms with van der Waals surface area (Å²) in [5.41, 5.74) is 2.95. The summed E-state index contributed by atoms with van der Waals surface area (Å²) >= 11 is 0. The summed E-state index contributed by atoms with van der Waals surface area (Å²) in [5.74, 6) is 0. The van der Waals surface area contributed by atoms with Crippen LogP contribution in [0.4, 0.5) is 0 Å². The Morgan fingerprint density at radius 2 is 1.56 bits per heavy atom. The van der Waals surface area contributed by atoms with Crippen LogP contribution in [0.2, 0.25) is 0 Å². The van der Waals surface area contributed by atoms with E-state index in [0.717, 1.165) is 17.5 Å². The zero-order valence-electron chi connectivity index (χ0n) is 10.6. The van der Waals surface area contributed by atoms with Gasteiger partial charge >= 0.3 is 0 Å². The van der Waals surface area contributed by atoms with Crippen molar-refractivity contribution in [3.63, 3.8) is 0 Å². The van der Waals surface area contributed by atoms with Crippen LogP contribution < -0.4 is 0 Å². The molecule has 3 heteroatoms. The van der Waals surface area contributed by atoms with Gasteiger partial charge in [0, 0.05) is 11.8 Å². The van der Waals surface area contributed by atoms with Crippen LogP contribution in [0, 0.1) is 0 Å². The molecular weight excluding hydrogens is 244 g/mol. The van der Waals surface area contributed by atoms with Crippen LogP contribution in [0.25, 0.3) is 11.1 Å². The third-order valence-electron chi connectivity index (χ3n) is 2.96. The average molecular weight is 260 g/mol. The molecule has 18 heavy (non-hydrogen) atoms. The zero-order chi connectivity index (χ0) is 13.2. The second kappa shape index (κ2) is 4.94. The smallest absolute Gasteiger partial charge is 0.176 e. The van der Waals surface area contributed by atoms with Gasteiger partial charge < -0.3 is 0 Å². The van der Waals surface area contributed by atoms with E-state index in [-0.39, 0.29) is 0 Å². The SMILES string of the molecule is CCc1ccc(-c2ccccc2S(C)(=O)=O)cc1. The number of hydrogen-bond acceptors (Lipinski definition) is 2. The molecule has 2 rings (SSSR count). The fraction of sp³-hybridized carbons (Fsp3) is 0.200. The van der Waals surface area contributed by atoms with E-state index in [4.69, 9.17) is 0 Å². The lowest BCUT2D eigenvalue weighted by atomic mass is 10.0.